The molecular weight excluding hydrogens is 294 g/mol. The highest BCUT2D eigenvalue weighted by Crippen LogP contribution is 2.42. The van der Waals surface area contributed by atoms with Crippen molar-refractivity contribution in [3.05, 3.63) is 35.9 Å². The van der Waals surface area contributed by atoms with Gasteiger partial charge in [-0.05, 0) is 51.5 Å². The van der Waals surface area contributed by atoms with Crippen molar-refractivity contribution in [3.8, 4) is 0 Å². The lowest BCUT2D eigenvalue weighted by Crippen LogP contribution is -2.66. The number of esters is 1. The third kappa shape index (κ3) is 4.03. The second-order valence-electron chi connectivity index (χ2n) is 7.02. The van der Waals surface area contributed by atoms with Crippen molar-refractivity contribution in [2.45, 2.75) is 51.2 Å². The van der Waals surface area contributed by atoms with E-state index >= 15 is 0 Å². The molecule has 1 aromatic rings. The van der Waals surface area contributed by atoms with E-state index in [1.165, 1.54) is 7.11 Å². The highest BCUT2D eigenvalue weighted by molar-refractivity contribution is 5.87. The third-order valence-corrected chi connectivity index (χ3v) is 4.18. The average Bonchev–Trinajstić information content (AvgIpc) is 2.47. The van der Waals surface area contributed by atoms with Gasteiger partial charge < -0.3 is 14.8 Å². The average molecular weight is 319 g/mol. The summed E-state index contributed by atoms with van der Waals surface area (Å²) >= 11 is 0. The van der Waals surface area contributed by atoms with Gasteiger partial charge in [0.1, 0.15) is 11.1 Å². The molecule has 1 N–H and O–H groups in total. The fraction of sp³-hybridized carbons (Fsp3) is 0.556. The van der Waals surface area contributed by atoms with Gasteiger partial charge in [-0.1, -0.05) is 30.3 Å². The van der Waals surface area contributed by atoms with Crippen LogP contribution >= 0.6 is 0 Å². The van der Waals surface area contributed by atoms with Gasteiger partial charge in [-0.15, -0.1) is 0 Å². The highest BCUT2D eigenvalue weighted by atomic mass is 16.6. The van der Waals surface area contributed by atoms with Gasteiger partial charge in [-0.2, -0.15) is 0 Å². The minimum atomic E-state index is -0.993. The zero-order chi connectivity index (χ0) is 17.1. The summed E-state index contributed by atoms with van der Waals surface area (Å²) in [6.45, 7) is 5.37. The molecule has 5 nitrogen and oxygen atoms in total. The smallest absolute Gasteiger partial charge is 0.408 e. The van der Waals surface area contributed by atoms with E-state index in [0.29, 0.717) is 12.8 Å². The Labute approximate surface area is 137 Å². The second-order valence-corrected chi connectivity index (χ2v) is 7.02. The van der Waals surface area contributed by atoms with Crippen LogP contribution in [0.25, 0.3) is 0 Å². The fourth-order valence-corrected chi connectivity index (χ4v) is 2.96. The van der Waals surface area contributed by atoms with Crippen molar-refractivity contribution < 1.29 is 19.1 Å². The summed E-state index contributed by atoms with van der Waals surface area (Å²) in [5.41, 5.74) is -0.469. The number of benzene rings is 1. The molecule has 0 radical (unpaired) electrons. The Morgan fingerprint density at radius 2 is 1.91 bits per heavy atom. The van der Waals surface area contributed by atoms with E-state index < -0.39 is 23.2 Å². The molecule has 1 aromatic carbocycles. The minimum absolute atomic E-state index is 0.00451. The molecule has 0 aromatic heterocycles. The van der Waals surface area contributed by atoms with E-state index in [4.69, 9.17) is 9.47 Å². The summed E-state index contributed by atoms with van der Waals surface area (Å²) in [6.07, 6.45) is 1.56. The van der Waals surface area contributed by atoms with Gasteiger partial charge in [0.15, 0.2) is 0 Å². The normalized spacial score (nSPS) is 23.6. The number of ether oxygens (including phenoxy) is 2. The minimum Gasteiger partial charge on any atom is -0.467 e. The molecule has 1 saturated carbocycles. The first-order valence-electron chi connectivity index (χ1n) is 7.90. The first-order valence-corrected chi connectivity index (χ1v) is 7.90. The molecule has 126 valence electrons. The van der Waals surface area contributed by atoms with Crippen molar-refractivity contribution in [2.75, 3.05) is 7.11 Å². The second kappa shape index (κ2) is 6.60. The largest absolute Gasteiger partial charge is 0.467 e. The standard InChI is InChI=1S/C18H25NO4/c1-17(2,3)23-16(21)19-18(15(20)22-4)11-10-14(18)12-13-8-6-5-7-9-13/h5-9,14H,10-12H2,1-4H3,(H,19,21)/t14-,18+/m1/s1. The molecule has 1 aliphatic rings. The number of carbonyl (C=O) groups is 2. The topological polar surface area (TPSA) is 64.6 Å². The van der Waals surface area contributed by atoms with Gasteiger partial charge in [-0.25, -0.2) is 9.59 Å². The van der Waals surface area contributed by atoms with Gasteiger partial charge in [0.25, 0.3) is 0 Å². The Kier molecular flexibility index (Phi) is 4.97. The molecule has 2 rings (SSSR count). The van der Waals surface area contributed by atoms with Crippen molar-refractivity contribution >= 4 is 12.1 Å². The SMILES string of the molecule is COC(=O)[C@]1(NC(=O)OC(C)(C)C)CC[C@@H]1Cc1ccccc1. The maximum Gasteiger partial charge on any atom is 0.408 e. The van der Waals surface area contributed by atoms with Crippen LogP contribution in [-0.4, -0.2) is 30.3 Å². The van der Waals surface area contributed by atoms with E-state index in [9.17, 15) is 9.59 Å². The molecule has 0 bridgehead atoms. The summed E-state index contributed by atoms with van der Waals surface area (Å²) in [6, 6.07) is 9.93. The number of hydrogen-bond donors (Lipinski definition) is 1. The number of alkyl carbamates (subject to hydrolysis) is 1. The molecule has 0 unspecified atom stereocenters. The molecule has 0 heterocycles. The Bertz CT molecular complexity index is 564. The molecule has 5 heteroatoms. The van der Waals surface area contributed by atoms with Crippen LogP contribution in [0.4, 0.5) is 4.79 Å². The van der Waals surface area contributed by atoms with Crippen molar-refractivity contribution in [1.82, 2.24) is 5.32 Å². The van der Waals surface area contributed by atoms with E-state index in [-0.39, 0.29) is 5.92 Å². The summed E-state index contributed by atoms with van der Waals surface area (Å²) in [5.74, 6) is -0.402. The van der Waals surface area contributed by atoms with E-state index in [1.54, 1.807) is 20.8 Å². The summed E-state index contributed by atoms with van der Waals surface area (Å²) in [5, 5.41) is 2.77. The van der Waals surface area contributed by atoms with Crippen LogP contribution in [0.15, 0.2) is 30.3 Å². The lowest BCUT2D eigenvalue weighted by molar-refractivity contribution is -0.157. The molecule has 1 amide bonds. The van der Waals surface area contributed by atoms with E-state index in [1.807, 2.05) is 30.3 Å². The van der Waals surface area contributed by atoms with Crippen LogP contribution < -0.4 is 5.32 Å². The van der Waals surface area contributed by atoms with Gasteiger partial charge in [0.05, 0.1) is 7.11 Å². The van der Waals surface area contributed by atoms with Gasteiger partial charge in [0, 0.05) is 0 Å². The Balaban J connectivity index is 2.13. The number of carbonyl (C=O) groups excluding carboxylic acids is 2. The van der Waals surface area contributed by atoms with Crippen LogP contribution in [-0.2, 0) is 20.7 Å². The summed E-state index contributed by atoms with van der Waals surface area (Å²) in [7, 11) is 1.35. The van der Waals surface area contributed by atoms with Crippen LogP contribution in [0.2, 0.25) is 0 Å². The van der Waals surface area contributed by atoms with Crippen LogP contribution in [0, 0.1) is 5.92 Å². The predicted molar refractivity (Wildman–Crippen MR) is 87.0 cm³/mol. The number of amides is 1. The lowest BCUT2D eigenvalue weighted by atomic mass is 9.64. The fourth-order valence-electron chi connectivity index (χ4n) is 2.96. The van der Waals surface area contributed by atoms with Crippen LogP contribution in [0.5, 0.6) is 0 Å². The summed E-state index contributed by atoms with van der Waals surface area (Å²) in [4.78, 5) is 24.5. The Hall–Kier alpha value is -2.04. The molecule has 0 aliphatic heterocycles. The zero-order valence-corrected chi connectivity index (χ0v) is 14.2. The maximum absolute atomic E-state index is 12.3. The van der Waals surface area contributed by atoms with Crippen molar-refractivity contribution in [2.24, 2.45) is 5.92 Å². The van der Waals surface area contributed by atoms with E-state index in [0.717, 1.165) is 12.0 Å². The predicted octanol–water partition coefficient (Wildman–Crippen LogP) is 3.08. The molecule has 1 aliphatic carbocycles. The first-order chi connectivity index (χ1) is 10.8. The maximum atomic E-state index is 12.3. The zero-order valence-electron chi connectivity index (χ0n) is 14.2. The molecular formula is C18H25NO4. The van der Waals surface area contributed by atoms with Crippen LogP contribution in [0.1, 0.15) is 39.2 Å². The molecule has 23 heavy (non-hydrogen) atoms. The van der Waals surface area contributed by atoms with Crippen molar-refractivity contribution in [3.63, 3.8) is 0 Å². The molecule has 1 fully saturated rings. The number of hydrogen-bond acceptors (Lipinski definition) is 4. The highest BCUT2D eigenvalue weighted by Gasteiger charge is 2.55. The van der Waals surface area contributed by atoms with Gasteiger partial charge in [0.2, 0.25) is 0 Å². The van der Waals surface area contributed by atoms with Gasteiger partial charge >= 0.3 is 12.1 Å². The molecule has 0 spiro atoms. The summed E-state index contributed by atoms with van der Waals surface area (Å²) < 4.78 is 10.3. The molecule has 0 saturated heterocycles. The quantitative estimate of drug-likeness (QED) is 0.866. The third-order valence-electron chi connectivity index (χ3n) is 4.18. The van der Waals surface area contributed by atoms with Crippen molar-refractivity contribution in [1.29, 1.82) is 0 Å². The molecule has 2 atom stereocenters. The van der Waals surface area contributed by atoms with Gasteiger partial charge in [-0.3, -0.25) is 0 Å². The number of nitrogens with one attached hydrogen (secondary N) is 1. The number of methoxy groups -OCH3 is 1. The number of rotatable bonds is 4. The van der Waals surface area contributed by atoms with E-state index in [2.05, 4.69) is 5.32 Å². The first kappa shape index (κ1) is 17.3. The lowest BCUT2D eigenvalue weighted by Gasteiger charge is -2.47. The monoisotopic (exact) mass is 319 g/mol. The Morgan fingerprint density at radius 3 is 2.39 bits per heavy atom. The Morgan fingerprint density at radius 1 is 1.26 bits per heavy atom. The van der Waals surface area contributed by atoms with Crippen LogP contribution in [0.3, 0.4) is 0 Å².